The predicted octanol–water partition coefficient (Wildman–Crippen LogP) is 5.55. The van der Waals surface area contributed by atoms with E-state index in [0.29, 0.717) is 0 Å². The fourth-order valence-electron chi connectivity index (χ4n) is 2.80. The van der Waals surface area contributed by atoms with Gasteiger partial charge in [-0.1, -0.05) is 29.9 Å². The van der Waals surface area contributed by atoms with Gasteiger partial charge in [-0.05, 0) is 42.0 Å². The Labute approximate surface area is 153 Å². The third kappa shape index (κ3) is 2.39. The van der Waals surface area contributed by atoms with E-state index in [1.54, 1.807) is 29.4 Å². The van der Waals surface area contributed by atoms with E-state index in [4.69, 9.17) is 16.0 Å². The molecular weight excluding hydrogens is 360 g/mol. The molecule has 4 rings (SSSR count). The lowest BCUT2D eigenvalue weighted by molar-refractivity contribution is -0.642. The van der Waals surface area contributed by atoms with E-state index in [9.17, 15) is 0 Å². The average molecular weight is 376 g/mol. The van der Waals surface area contributed by atoms with Crippen LogP contribution in [0.15, 0.2) is 45.4 Å². The molecule has 122 valence electrons. The van der Waals surface area contributed by atoms with Crippen molar-refractivity contribution >= 4 is 62.4 Å². The summed E-state index contributed by atoms with van der Waals surface area (Å²) in [5, 5.41) is 3.07. The second kappa shape index (κ2) is 5.69. The summed E-state index contributed by atoms with van der Waals surface area (Å²) >= 11 is 9.53. The van der Waals surface area contributed by atoms with E-state index in [1.807, 2.05) is 19.1 Å². The standard InChI is InChI=1S/C18H16ClN2OS2/c1-10(2)12-9-22-18-17(12)21(4)16(24-18)8-15-20(3)13-7-11(19)5-6-14(13)23-15/h5-9H,1H2,2-4H3/q+1. The number of hydrogen-bond donors (Lipinski definition) is 0. The van der Waals surface area contributed by atoms with Gasteiger partial charge in [0.15, 0.2) is 0 Å². The van der Waals surface area contributed by atoms with E-state index < -0.39 is 0 Å². The van der Waals surface area contributed by atoms with Crippen LogP contribution < -0.4 is 9.47 Å². The zero-order valence-corrected chi connectivity index (χ0v) is 16.0. The second-order valence-electron chi connectivity index (χ2n) is 5.82. The molecule has 0 bridgehead atoms. The molecule has 2 aromatic heterocycles. The van der Waals surface area contributed by atoms with Crippen molar-refractivity contribution in [3.63, 3.8) is 0 Å². The van der Waals surface area contributed by atoms with Crippen LogP contribution in [-0.2, 0) is 7.05 Å². The van der Waals surface area contributed by atoms with Crippen molar-refractivity contribution in [3.8, 4) is 0 Å². The van der Waals surface area contributed by atoms with Gasteiger partial charge in [0, 0.05) is 17.0 Å². The van der Waals surface area contributed by atoms with Gasteiger partial charge < -0.3 is 9.32 Å². The fraction of sp³-hybridized carbons (Fsp3) is 0.167. The lowest BCUT2D eigenvalue weighted by Gasteiger charge is -2.12. The van der Waals surface area contributed by atoms with Crippen molar-refractivity contribution in [1.82, 2.24) is 0 Å². The number of allylic oxidation sites excluding steroid dienone is 1. The largest absolute Gasteiger partial charge is 0.447 e. The molecule has 6 heteroatoms. The maximum absolute atomic E-state index is 6.13. The highest BCUT2D eigenvalue weighted by atomic mass is 35.5. The SMILES string of the molecule is C=C(C)c1coc2sc(/C=C3\Sc4ccc(Cl)cc4N3C)[n+](C)c12. The van der Waals surface area contributed by atoms with Crippen LogP contribution in [0.5, 0.6) is 0 Å². The number of benzene rings is 1. The van der Waals surface area contributed by atoms with Gasteiger partial charge in [-0.15, -0.1) is 0 Å². The monoisotopic (exact) mass is 375 g/mol. The van der Waals surface area contributed by atoms with Crippen LogP contribution >= 0.6 is 34.7 Å². The van der Waals surface area contributed by atoms with Gasteiger partial charge in [-0.2, -0.15) is 4.57 Å². The minimum Gasteiger partial charge on any atom is -0.447 e. The summed E-state index contributed by atoms with van der Waals surface area (Å²) in [6.07, 6.45) is 3.98. The molecule has 0 N–H and O–H groups in total. The van der Waals surface area contributed by atoms with Gasteiger partial charge in [-0.3, -0.25) is 0 Å². The number of anilines is 1. The summed E-state index contributed by atoms with van der Waals surface area (Å²) in [4.78, 5) is 4.32. The number of aromatic nitrogens is 1. The molecule has 0 atom stereocenters. The zero-order valence-electron chi connectivity index (χ0n) is 13.6. The number of nitrogens with zero attached hydrogens (tertiary/aromatic N) is 2. The summed E-state index contributed by atoms with van der Waals surface area (Å²) in [5.41, 5.74) is 4.32. The molecule has 1 aromatic carbocycles. The van der Waals surface area contributed by atoms with Crippen LogP contribution in [-0.4, -0.2) is 7.05 Å². The molecular formula is C18H16ClN2OS2+. The highest BCUT2D eigenvalue weighted by Gasteiger charge is 2.27. The third-order valence-corrected chi connectivity index (χ3v) is 6.61. The molecule has 0 radical (unpaired) electrons. The Bertz CT molecular complexity index is 1020. The lowest BCUT2D eigenvalue weighted by atomic mass is 10.2. The zero-order chi connectivity index (χ0) is 17.0. The number of halogens is 1. The molecule has 0 amide bonds. The quantitative estimate of drug-likeness (QED) is 0.548. The van der Waals surface area contributed by atoms with Crippen molar-refractivity contribution in [1.29, 1.82) is 0 Å². The number of rotatable bonds is 2. The van der Waals surface area contributed by atoms with Gasteiger partial charge in [0.05, 0.1) is 22.4 Å². The lowest BCUT2D eigenvalue weighted by Crippen LogP contribution is -2.29. The molecule has 0 fully saturated rings. The molecule has 3 heterocycles. The Morgan fingerprint density at radius 3 is 2.96 bits per heavy atom. The minimum absolute atomic E-state index is 0.757. The summed E-state index contributed by atoms with van der Waals surface area (Å²) < 4.78 is 7.88. The van der Waals surface area contributed by atoms with Crippen LogP contribution in [0.3, 0.4) is 0 Å². The van der Waals surface area contributed by atoms with Crippen molar-refractivity contribution in [2.24, 2.45) is 7.05 Å². The van der Waals surface area contributed by atoms with Gasteiger partial charge in [0.25, 0.3) is 15.4 Å². The van der Waals surface area contributed by atoms with Crippen molar-refractivity contribution < 1.29 is 8.98 Å². The first-order valence-electron chi connectivity index (χ1n) is 7.44. The Balaban J connectivity index is 1.78. The maximum atomic E-state index is 6.13. The van der Waals surface area contributed by atoms with Crippen LogP contribution in [0.25, 0.3) is 22.1 Å². The van der Waals surface area contributed by atoms with Gasteiger partial charge >= 0.3 is 0 Å². The molecule has 24 heavy (non-hydrogen) atoms. The van der Waals surface area contributed by atoms with Crippen LogP contribution in [0.2, 0.25) is 5.02 Å². The summed E-state index contributed by atoms with van der Waals surface area (Å²) in [6, 6.07) is 6.00. The van der Waals surface area contributed by atoms with E-state index >= 15 is 0 Å². The summed E-state index contributed by atoms with van der Waals surface area (Å²) in [7, 11) is 4.13. The highest BCUT2D eigenvalue weighted by molar-refractivity contribution is 8.03. The van der Waals surface area contributed by atoms with E-state index in [0.717, 1.165) is 37.3 Å². The number of fused-ring (bicyclic) bond motifs is 2. The molecule has 3 nitrogen and oxygen atoms in total. The summed E-state index contributed by atoms with van der Waals surface area (Å²) in [5.74, 6) is 0. The molecule has 1 aliphatic heterocycles. The molecule has 0 saturated carbocycles. The first kappa shape index (κ1) is 15.8. The number of hydrogen-bond acceptors (Lipinski definition) is 4. The van der Waals surface area contributed by atoms with Crippen LogP contribution in [0.4, 0.5) is 5.69 Å². The minimum atomic E-state index is 0.757. The van der Waals surface area contributed by atoms with Crippen LogP contribution in [0, 0.1) is 0 Å². The number of aryl methyl sites for hydroxylation is 1. The first-order chi connectivity index (χ1) is 11.5. The van der Waals surface area contributed by atoms with Crippen molar-refractivity contribution in [2.45, 2.75) is 11.8 Å². The van der Waals surface area contributed by atoms with Gasteiger partial charge in [0.2, 0.25) is 0 Å². The summed E-state index contributed by atoms with van der Waals surface area (Å²) in [6.45, 7) is 6.04. The molecule has 0 saturated heterocycles. The van der Waals surface area contributed by atoms with Gasteiger partial charge in [-0.25, -0.2) is 0 Å². The van der Waals surface area contributed by atoms with Gasteiger partial charge in [0.1, 0.15) is 13.3 Å². The fourth-order valence-corrected chi connectivity index (χ4v) is 5.13. The third-order valence-electron chi connectivity index (χ3n) is 4.13. The van der Waals surface area contributed by atoms with E-state index in [1.165, 1.54) is 9.92 Å². The Kier molecular flexibility index (Phi) is 3.75. The molecule has 1 aliphatic rings. The topological polar surface area (TPSA) is 20.3 Å². The predicted molar refractivity (Wildman–Crippen MR) is 104 cm³/mol. The van der Waals surface area contributed by atoms with Crippen molar-refractivity contribution in [2.75, 3.05) is 11.9 Å². The second-order valence-corrected chi connectivity index (χ2v) is 8.31. The number of thioether (sulfide) groups is 1. The van der Waals surface area contributed by atoms with E-state index in [-0.39, 0.29) is 0 Å². The molecule has 0 spiro atoms. The molecule has 0 unspecified atom stereocenters. The normalized spacial score (nSPS) is 15.5. The Morgan fingerprint density at radius 1 is 1.42 bits per heavy atom. The number of furan rings is 1. The van der Waals surface area contributed by atoms with Crippen molar-refractivity contribution in [3.05, 3.63) is 51.7 Å². The first-order valence-corrected chi connectivity index (χ1v) is 9.45. The Hall–Kier alpha value is -1.69. The van der Waals surface area contributed by atoms with E-state index in [2.05, 4.69) is 42.3 Å². The molecule has 3 aromatic rings. The average Bonchev–Trinajstić information content (AvgIpc) is 3.17. The Morgan fingerprint density at radius 2 is 2.21 bits per heavy atom. The molecule has 0 aliphatic carbocycles. The van der Waals surface area contributed by atoms with Crippen LogP contribution in [0.1, 0.15) is 17.5 Å². The smallest absolute Gasteiger partial charge is 0.270 e. The highest BCUT2D eigenvalue weighted by Crippen LogP contribution is 2.46. The maximum Gasteiger partial charge on any atom is 0.270 e. The number of thiazole rings is 1.